The number of sulfone groups is 1. The first-order chi connectivity index (χ1) is 12.4. The fourth-order valence-corrected chi connectivity index (χ4v) is 4.55. The van der Waals surface area contributed by atoms with Crippen molar-refractivity contribution in [3.63, 3.8) is 0 Å². The molecule has 0 aliphatic carbocycles. The fraction of sp³-hybridized carbons (Fsp3) is 0.500. The number of carbonyl (C=O) groups excluding carboxylic acids is 1. The smallest absolute Gasteiger partial charge is 0.242 e. The maximum absolute atomic E-state index is 12.5. The van der Waals surface area contributed by atoms with E-state index >= 15 is 0 Å². The number of benzene rings is 1. The molecular weight excluding hydrogens is 354 g/mol. The van der Waals surface area contributed by atoms with E-state index in [1.807, 2.05) is 44.2 Å². The van der Waals surface area contributed by atoms with E-state index in [2.05, 4.69) is 10.1 Å². The topological polar surface area (TPSA) is 93.4 Å². The van der Waals surface area contributed by atoms with Crippen LogP contribution in [0.25, 0.3) is 11.4 Å². The molecule has 2 atom stereocenters. The third-order valence-electron chi connectivity index (χ3n) is 4.67. The van der Waals surface area contributed by atoms with E-state index in [4.69, 9.17) is 4.52 Å². The molecule has 0 bridgehead atoms. The molecule has 26 heavy (non-hydrogen) atoms. The van der Waals surface area contributed by atoms with E-state index in [9.17, 15) is 13.2 Å². The molecule has 0 saturated carbocycles. The number of aromatic nitrogens is 2. The minimum atomic E-state index is -3.69. The van der Waals surface area contributed by atoms with Crippen LogP contribution in [0.4, 0.5) is 0 Å². The van der Waals surface area contributed by atoms with Gasteiger partial charge in [-0.15, -0.1) is 0 Å². The second-order valence-corrected chi connectivity index (χ2v) is 8.90. The second kappa shape index (κ2) is 7.57. The first-order valence-corrected chi connectivity index (χ1v) is 10.6. The SMILES string of the molecule is C[C@@H]1CCC[C@H](C)N1C(=O)CS(=O)(=O)Cc1nc(-c2ccccc2)no1. The average Bonchev–Trinajstić information content (AvgIpc) is 3.02. The molecule has 2 heterocycles. The predicted octanol–water partition coefficient (Wildman–Crippen LogP) is 2.44. The Bertz CT molecular complexity index is 854. The Kier molecular flexibility index (Phi) is 5.41. The highest BCUT2D eigenvalue weighted by atomic mass is 32.2. The summed E-state index contributed by atoms with van der Waals surface area (Å²) in [4.78, 5) is 18.4. The van der Waals surface area contributed by atoms with Crippen molar-refractivity contribution < 1.29 is 17.7 Å². The standard InChI is InChI=1S/C18H23N3O4S/c1-13-7-6-8-14(2)21(13)17(22)12-26(23,24)11-16-19-18(20-25-16)15-9-4-3-5-10-15/h3-5,9-10,13-14H,6-8,11-12H2,1-2H3/t13-,14+. The minimum Gasteiger partial charge on any atom is -0.338 e. The van der Waals surface area contributed by atoms with Gasteiger partial charge >= 0.3 is 0 Å². The molecule has 0 unspecified atom stereocenters. The highest BCUT2D eigenvalue weighted by Gasteiger charge is 2.32. The molecule has 8 heteroatoms. The van der Waals surface area contributed by atoms with E-state index in [1.54, 1.807) is 4.90 Å². The summed E-state index contributed by atoms with van der Waals surface area (Å²) in [6.07, 6.45) is 2.86. The number of rotatable bonds is 5. The number of carbonyl (C=O) groups is 1. The molecule has 7 nitrogen and oxygen atoms in total. The zero-order valence-corrected chi connectivity index (χ0v) is 15.8. The zero-order valence-electron chi connectivity index (χ0n) is 15.0. The Morgan fingerprint density at radius 3 is 2.50 bits per heavy atom. The lowest BCUT2D eigenvalue weighted by atomic mass is 9.98. The summed E-state index contributed by atoms with van der Waals surface area (Å²) in [5.74, 6) is -0.996. The van der Waals surface area contributed by atoms with Gasteiger partial charge in [0.25, 0.3) is 0 Å². The molecule has 1 aromatic heterocycles. The quantitative estimate of drug-likeness (QED) is 0.794. The molecule has 1 aliphatic heterocycles. The van der Waals surface area contributed by atoms with Gasteiger partial charge in [0, 0.05) is 17.6 Å². The van der Waals surface area contributed by atoms with E-state index in [0.717, 1.165) is 24.8 Å². The number of nitrogens with zero attached hydrogens (tertiary/aromatic N) is 3. The van der Waals surface area contributed by atoms with E-state index in [-0.39, 0.29) is 23.9 Å². The summed E-state index contributed by atoms with van der Waals surface area (Å²) in [5.41, 5.74) is 0.743. The van der Waals surface area contributed by atoms with Crippen molar-refractivity contribution in [2.45, 2.75) is 50.9 Å². The van der Waals surface area contributed by atoms with Gasteiger partial charge in [-0.3, -0.25) is 4.79 Å². The molecule has 1 fully saturated rings. The Labute approximate surface area is 153 Å². The molecular formula is C18H23N3O4S. The molecule has 0 N–H and O–H groups in total. The third kappa shape index (κ3) is 4.30. The first kappa shape index (κ1) is 18.6. The maximum atomic E-state index is 12.5. The summed E-state index contributed by atoms with van der Waals surface area (Å²) in [6.45, 7) is 3.93. The fourth-order valence-electron chi connectivity index (χ4n) is 3.43. The molecule has 0 spiro atoms. The van der Waals surface area contributed by atoms with Gasteiger partial charge in [0.15, 0.2) is 9.84 Å². The van der Waals surface area contributed by atoms with Gasteiger partial charge in [-0.25, -0.2) is 8.42 Å². The second-order valence-electron chi connectivity index (χ2n) is 6.84. The highest BCUT2D eigenvalue weighted by molar-refractivity contribution is 7.91. The summed E-state index contributed by atoms with van der Waals surface area (Å²) < 4.78 is 29.9. The largest absolute Gasteiger partial charge is 0.338 e. The van der Waals surface area contributed by atoms with Crippen LogP contribution in [-0.4, -0.2) is 47.2 Å². The van der Waals surface area contributed by atoms with Crippen LogP contribution in [-0.2, 0) is 20.4 Å². The Morgan fingerprint density at radius 2 is 1.85 bits per heavy atom. The van der Waals surface area contributed by atoms with Gasteiger partial charge in [-0.1, -0.05) is 35.5 Å². The van der Waals surface area contributed by atoms with Crippen LogP contribution in [0.1, 0.15) is 39.0 Å². The molecule has 1 saturated heterocycles. The monoisotopic (exact) mass is 377 g/mol. The number of amides is 1. The lowest BCUT2D eigenvalue weighted by Gasteiger charge is -2.39. The molecule has 0 radical (unpaired) electrons. The number of hydrogen-bond donors (Lipinski definition) is 0. The van der Waals surface area contributed by atoms with Crippen LogP contribution in [0.15, 0.2) is 34.9 Å². The van der Waals surface area contributed by atoms with Gasteiger partial charge in [0.05, 0.1) is 0 Å². The van der Waals surface area contributed by atoms with E-state index < -0.39 is 21.3 Å². The number of piperidine rings is 1. The minimum absolute atomic E-state index is 0.00334. The van der Waals surface area contributed by atoms with Crippen LogP contribution >= 0.6 is 0 Å². The van der Waals surface area contributed by atoms with Crippen molar-refractivity contribution in [3.8, 4) is 11.4 Å². The molecule has 1 aliphatic rings. The van der Waals surface area contributed by atoms with Crippen molar-refractivity contribution >= 4 is 15.7 Å². The van der Waals surface area contributed by atoms with E-state index in [1.165, 1.54) is 0 Å². The first-order valence-electron chi connectivity index (χ1n) is 8.75. The molecule has 140 valence electrons. The average molecular weight is 377 g/mol. The molecule has 1 aromatic carbocycles. The summed E-state index contributed by atoms with van der Waals surface area (Å²) in [7, 11) is -3.69. The Balaban J connectivity index is 1.67. The lowest BCUT2D eigenvalue weighted by Crippen LogP contribution is -2.49. The van der Waals surface area contributed by atoms with Gasteiger partial charge < -0.3 is 9.42 Å². The number of likely N-dealkylation sites (tertiary alicyclic amines) is 1. The molecule has 2 aromatic rings. The van der Waals surface area contributed by atoms with Gasteiger partial charge in [-0.05, 0) is 33.1 Å². The van der Waals surface area contributed by atoms with Gasteiger partial charge in [0.1, 0.15) is 11.5 Å². The van der Waals surface area contributed by atoms with Gasteiger partial charge in [-0.2, -0.15) is 4.98 Å². The summed E-state index contributed by atoms with van der Waals surface area (Å²) in [6, 6.07) is 9.29. The summed E-state index contributed by atoms with van der Waals surface area (Å²) >= 11 is 0. The Morgan fingerprint density at radius 1 is 1.19 bits per heavy atom. The lowest BCUT2D eigenvalue weighted by molar-refractivity contribution is -0.134. The Hall–Kier alpha value is -2.22. The van der Waals surface area contributed by atoms with Crippen LogP contribution in [0.5, 0.6) is 0 Å². The molecule has 3 rings (SSSR count). The van der Waals surface area contributed by atoms with Crippen molar-refractivity contribution in [3.05, 3.63) is 36.2 Å². The molecule has 1 amide bonds. The zero-order chi connectivity index (χ0) is 18.7. The normalized spacial score (nSPS) is 20.9. The van der Waals surface area contributed by atoms with E-state index in [0.29, 0.717) is 5.82 Å². The van der Waals surface area contributed by atoms with Crippen LogP contribution < -0.4 is 0 Å². The van der Waals surface area contributed by atoms with Crippen LogP contribution in [0, 0.1) is 0 Å². The van der Waals surface area contributed by atoms with Crippen molar-refractivity contribution in [1.82, 2.24) is 15.0 Å². The van der Waals surface area contributed by atoms with Crippen LogP contribution in [0.2, 0.25) is 0 Å². The number of hydrogen-bond acceptors (Lipinski definition) is 6. The van der Waals surface area contributed by atoms with Gasteiger partial charge in [0.2, 0.25) is 17.6 Å². The highest BCUT2D eigenvalue weighted by Crippen LogP contribution is 2.23. The van der Waals surface area contributed by atoms with Crippen molar-refractivity contribution in [2.24, 2.45) is 0 Å². The van der Waals surface area contributed by atoms with Crippen molar-refractivity contribution in [1.29, 1.82) is 0 Å². The summed E-state index contributed by atoms with van der Waals surface area (Å²) in [5, 5.41) is 3.82. The predicted molar refractivity (Wildman–Crippen MR) is 96.8 cm³/mol. The third-order valence-corrected chi connectivity index (χ3v) is 6.04. The van der Waals surface area contributed by atoms with Crippen molar-refractivity contribution in [2.75, 3.05) is 5.75 Å². The van der Waals surface area contributed by atoms with Crippen LogP contribution in [0.3, 0.4) is 0 Å². The maximum Gasteiger partial charge on any atom is 0.242 e.